The lowest BCUT2D eigenvalue weighted by Crippen LogP contribution is -2.23. The van der Waals surface area contributed by atoms with Crippen molar-refractivity contribution < 1.29 is 20.1 Å². The van der Waals surface area contributed by atoms with Gasteiger partial charge in [0.15, 0.2) is 0 Å². The van der Waals surface area contributed by atoms with Gasteiger partial charge >= 0.3 is 5.97 Å². The predicted octanol–water partition coefficient (Wildman–Crippen LogP) is 0.539. The summed E-state index contributed by atoms with van der Waals surface area (Å²) in [6.07, 6.45) is -1.75. The van der Waals surface area contributed by atoms with Gasteiger partial charge in [-0.15, -0.1) is 0 Å². The zero-order valence-corrected chi connectivity index (χ0v) is 8.11. The Balaban J connectivity index is 4.59. The van der Waals surface area contributed by atoms with Crippen LogP contribution in [-0.2, 0) is 4.79 Å². The lowest BCUT2D eigenvalue weighted by atomic mass is 10.0. The standard InChI is InChI=1S/C9H16O4/c1-5(2)8(9(12)13)7(11)4-6(3)10/h6-7,10-11H,4H2,1-3H3,(H,12,13). The van der Waals surface area contributed by atoms with Crippen molar-refractivity contribution >= 4 is 5.97 Å². The van der Waals surface area contributed by atoms with Crippen LogP contribution >= 0.6 is 0 Å². The molecular formula is C9H16O4. The minimum Gasteiger partial charge on any atom is -0.478 e. The Morgan fingerprint density at radius 2 is 1.77 bits per heavy atom. The van der Waals surface area contributed by atoms with Crippen LogP contribution in [0.4, 0.5) is 0 Å². The normalized spacial score (nSPS) is 14.8. The highest BCUT2D eigenvalue weighted by Crippen LogP contribution is 2.13. The molecule has 4 nitrogen and oxygen atoms in total. The third-order valence-corrected chi connectivity index (χ3v) is 1.67. The molecule has 0 aliphatic heterocycles. The van der Waals surface area contributed by atoms with Crippen molar-refractivity contribution in [1.82, 2.24) is 0 Å². The molecule has 0 aromatic heterocycles. The number of aliphatic carboxylic acids is 1. The van der Waals surface area contributed by atoms with E-state index in [4.69, 9.17) is 10.2 Å². The molecule has 2 unspecified atom stereocenters. The number of aliphatic hydroxyl groups excluding tert-OH is 2. The number of carboxylic acids is 1. The van der Waals surface area contributed by atoms with Gasteiger partial charge in [-0.1, -0.05) is 5.57 Å². The van der Waals surface area contributed by atoms with Crippen molar-refractivity contribution in [3.05, 3.63) is 11.1 Å². The van der Waals surface area contributed by atoms with E-state index in [0.29, 0.717) is 5.57 Å². The summed E-state index contributed by atoms with van der Waals surface area (Å²) in [6, 6.07) is 0. The summed E-state index contributed by atoms with van der Waals surface area (Å²) in [6.45, 7) is 4.75. The van der Waals surface area contributed by atoms with Crippen LogP contribution in [0.3, 0.4) is 0 Å². The van der Waals surface area contributed by atoms with Gasteiger partial charge in [-0.05, 0) is 20.8 Å². The number of hydrogen-bond donors (Lipinski definition) is 3. The van der Waals surface area contributed by atoms with E-state index in [1.807, 2.05) is 0 Å². The minimum atomic E-state index is -1.13. The van der Waals surface area contributed by atoms with Gasteiger partial charge in [-0.3, -0.25) is 0 Å². The average Bonchev–Trinajstić information content (AvgIpc) is 1.81. The topological polar surface area (TPSA) is 77.8 Å². The van der Waals surface area contributed by atoms with Crippen LogP contribution in [0.1, 0.15) is 27.2 Å². The monoisotopic (exact) mass is 188 g/mol. The predicted molar refractivity (Wildman–Crippen MR) is 48.3 cm³/mol. The molecule has 3 N–H and O–H groups in total. The molecule has 0 aromatic carbocycles. The van der Waals surface area contributed by atoms with E-state index < -0.39 is 18.2 Å². The molecule has 0 saturated carbocycles. The molecule has 76 valence electrons. The summed E-state index contributed by atoms with van der Waals surface area (Å²) in [5.74, 6) is -1.13. The van der Waals surface area contributed by atoms with Gasteiger partial charge in [0.2, 0.25) is 0 Å². The Morgan fingerprint density at radius 1 is 1.31 bits per heavy atom. The molecule has 0 bridgehead atoms. The molecule has 0 aromatic rings. The van der Waals surface area contributed by atoms with Gasteiger partial charge < -0.3 is 15.3 Å². The maximum Gasteiger partial charge on any atom is 0.334 e. The van der Waals surface area contributed by atoms with Crippen molar-refractivity contribution in [3.8, 4) is 0 Å². The van der Waals surface area contributed by atoms with E-state index in [1.54, 1.807) is 13.8 Å². The van der Waals surface area contributed by atoms with Gasteiger partial charge in [0.1, 0.15) is 0 Å². The lowest BCUT2D eigenvalue weighted by Gasteiger charge is -2.14. The first-order chi connectivity index (χ1) is 5.86. The summed E-state index contributed by atoms with van der Waals surface area (Å²) in [5, 5.41) is 27.1. The molecule has 0 heterocycles. The molecule has 4 heteroatoms. The molecule has 0 saturated heterocycles. The fraction of sp³-hybridized carbons (Fsp3) is 0.667. The fourth-order valence-corrected chi connectivity index (χ4v) is 1.13. The SMILES string of the molecule is CC(C)=C(C(=O)O)C(O)CC(C)O. The minimum absolute atomic E-state index is 0.0269. The summed E-state index contributed by atoms with van der Waals surface area (Å²) in [7, 11) is 0. The van der Waals surface area contributed by atoms with E-state index >= 15 is 0 Å². The first-order valence-corrected chi connectivity index (χ1v) is 4.13. The molecule has 0 fully saturated rings. The van der Waals surface area contributed by atoms with E-state index in [2.05, 4.69) is 0 Å². The van der Waals surface area contributed by atoms with Gasteiger partial charge in [0.05, 0.1) is 17.8 Å². The zero-order valence-electron chi connectivity index (χ0n) is 8.11. The van der Waals surface area contributed by atoms with Crippen molar-refractivity contribution in [2.24, 2.45) is 0 Å². The quantitative estimate of drug-likeness (QED) is 0.563. The second kappa shape index (κ2) is 4.99. The van der Waals surface area contributed by atoms with Crippen molar-refractivity contribution in [1.29, 1.82) is 0 Å². The fourth-order valence-electron chi connectivity index (χ4n) is 1.13. The van der Waals surface area contributed by atoms with Crippen LogP contribution in [0.5, 0.6) is 0 Å². The third-order valence-electron chi connectivity index (χ3n) is 1.67. The van der Waals surface area contributed by atoms with Crippen LogP contribution < -0.4 is 0 Å². The molecular weight excluding hydrogens is 172 g/mol. The first-order valence-electron chi connectivity index (χ1n) is 4.13. The molecule has 13 heavy (non-hydrogen) atoms. The molecule has 0 rings (SSSR count). The van der Waals surface area contributed by atoms with Crippen LogP contribution in [0.2, 0.25) is 0 Å². The van der Waals surface area contributed by atoms with Crippen molar-refractivity contribution in [2.45, 2.75) is 39.4 Å². The Kier molecular flexibility index (Phi) is 4.66. The number of carbonyl (C=O) groups is 1. The van der Waals surface area contributed by atoms with Crippen LogP contribution in [0.15, 0.2) is 11.1 Å². The summed E-state index contributed by atoms with van der Waals surface area (Å²) in [4.78, 5) is 10.7. The second-order valence-electron chi connectivity index (χ2n) is 3.32. The number of carboxylic acid groups (broad SMARTS) is 1. The Labute approximate surface area is 77.5 Å². The van der Waals surface area contributed by atoms with Gasteiger partial charge in [-0.25, -0.2) is 4.79 Å². The highest BCUT2D eigenvalue weighted by molar-refractivity contribution is 5.88. The summed E-state index contributed by atoms with van der Waals surface area (Å²) >= 11 is 0. The number of aliphatic hydroxyl groups is 2. The van der Waals surface area contributed by atoms with E-state index in [0.717, 1.165) is 0 Å². The summed E-state index contributed by atoms with van der Waals surface area (Å²) in [5.41, 5.74) is 0.529. The molecule has 0 radical (unpaired) electrons. The molecule has 0 spiro atoms. The first kappa shape index (κ1) is 12.1. The van der Waals surface area contributed by atoms with Crippen molar-refractivity contribution in [2.75, 3.05) is 0 Å². The highest BCUT2D eigenvalue weighted by Gasteiger charge is 2.20. The zero-order chi connectivity index (χ0) is 10.6. The van der Waals surface area contributed by atoms with Crippen LogP contribution in [-0.4, -0.2) is 33.5 Å². The van der Waals surface area contributed by atoms with Gasteiger partial charge in [0.25, 0.3) is 0 Å². The number of rotatable bonds is 4. The van der Waals surface area contributed by atoms with E-state index in [9.17, 15) is 9.90 Å². The highest BCUT2D eigenvalue weighted by atomic mass is 16.4. The molecule has 0 aliphatic carbocycles. The maximum atomic E-state index is 10.7. The van der Waals surface area contributed by atoms with Crippen LogP contribution in [0.25, 0.3) is 0 Å². The Hall–Kier alpha value is -0.870. The third kappa shape index (κ3) is 4.05. The number of hydrogen-bond acceptors (Lipinski definition) is 3. The average molecular weight is 188 g/mol. The molecule has 2 atom stereocenters. The van der Waals surface area contributed by atoms with Gasteiger partial charge in [0, 0.05) is 6.42 Å². The van der Waals surface area contributed by atoms with Crippen LogP contribution in [0, 0.1) is 0 Å². The number of allylic oxidation sites excluding steroid dienone is 1. The lowest BCUT2D eigenvalue weighted by molar-refractivity contribution is -0.134. The second-order valence-corrected chi connectivity index (χ2v) is 3.32. The Bertz CT molecular complexity index is 214. The molecule has 0 aliphatic rings. The smallest absolute Gasteiger partial charge is 0.334 e. The van der Waals surface area contributed by atoms with E-state index in [1.165, 1.54) is 6.92 Å². The summed E-state index contributed by atoms with van der Waals surface area (Å²) < 4.78 is 0. The largest absolute Gasteiger partial charge is 0.478 e. The molecule has 0 amide bonds. The Morgan fingerprint density at radius 3 is 2.00 bits per heavy atom. The maximum absolute atomic E-state index is 10.7. The van der Waals surface area contributed by atoms with E-state index in [-0.39, 0.29) is 12.0 Å². The van der Waals surface area contributed by atoms with Crippen molar-refractivity contribution in [3.63, 3.8) is 0 Å². The van der Waals surface area contributed by atoms with Gasteiger partial charge in [-0.2, -0.15) is 0 Å².